The molecule has 29 heavy (non-hydrogen) atoms. The van der Waals surface area contributed by atoms with E-state index in [0.29, 0.717) is 18.1 Å². The predicted molar refractivity (Wildman–Crippen MR) is 108 cm³/mol. The van der Waals surface area contributed by atoms with Gasteiger partial charge in [0.2, 0.25) is 0 Å². The molecule has 1 aliphatic carbocycles. The Balaban J connectivity index is 1.59. The second-order valence-electron chi connectivity index (χ2n) is 7.66. The molecule has 3 aromatic rings. The summed E-state index contributed by atoms with van der Waals surface area (Å²) >= 11 is 0. The van der Waals surface area contributed by atoms with E-state index < -0.39 is 11.9 Å². The zero-order chi connectivity index (χ0) is 20.2. The molecule has 1 aliphatic rings. The molecule has 0 spiro atoms. The molecule has 8 nitrogen and oxygen atoms in total. The van der Waals surface area contributed by atoms with Gasteiger partial charge in [0.05, 0.1) is 5.92 Å². The number of carbonyl (C=O) groups is 1. The summed E-state index contributed by atoms with van der Waals surface area (Å²) in [6, 6.07) is 11.8. The molecule has 4 N–H and O–H groups in total. The van der Waals surface area contributed by atoms with Gasteiger partial charge in [0.15, 0.2) is 5.82 Å². The summed E-state index contributed by atoms with van der Waals surface area (Å²) in [6.07, 6.45) is 6.33. The summed E-state index contributed by atoms with van der Waals surface area (Å²) in [5.74, 6) is -0.516. The minimum absolute atomic E-state index is 0.149. The van der Waals surface area contributed by atoms with Crippen molar-refractivity contribution in [1.29, 1.82) is 0 Å². The Morgan fingerprint density at radius 3 is 2.45 bits per heavy atom. The Hall–Kier alpha value is -3.29. The molecule has 4 rings (SSSR count). The van der Waals surface area contributed by atoms with Gasteiger partial charge in [-0.25, -0.2) is 4.98 Å². The number of nitrogens with one attached hydrogen (secondary N) is 1. The summed E-state index contributed by atoms with van der Waals surface area (Å²) in [7, 11) is 0. The summed E-state index contributed by atoms with van der Waals surface area (Å²) in [6.45, 7) is 0. The number of aromatic nitrogens is 5. The highest BCUT2D eigenvalue weighted by molar-refractivity contribution is 5.72. The largest absolute Gasteiger partial charge is 0.481 e. The van der Waals surface area contributed by atoms with Gasteiger partial charge >= 0.3 is 5.97 Å². The van der Waals surface area contributed by atoms with Gasteiger partial charge in [0.1, 0.15) is 5.82 Å². The molecular weight excluding hydrogens is 368 g/mol. The van der Waals surface area contributed by atoms with Crippen molar-refractivity contribution >= 4 is 11.8 Å². The van der Waals surface area contributed by atoms with Crippen molar-refractivity contribution in [2.45, 2.75) is 38.0 Å². The second kappa shape index (κ2) is 8.38. The number of aliphatic carboxylic acids is 1. The van der Waals surface area contributed by atoms with E-state index in [2.05, 4.69) is 25.6 Å². The van der Waals surface area contributed by atoms with E-state index in [1.165, 1.54) is 0 Å². The second-order valence-corrected chi connectivity index (χ2v) is 7.66. The molecule has 2 heterocycles. The maximum atomic E-state index is 12.2. The third-order valence-electron chi connectivity index (χ3n) is 5.85. The van der Waals surface area contributed by atoms with Crippen LogP contribution < -0.4 is 5.73 Å². The normalized spacial score (nSPS) is 16.6. The number of carboxylic acid groups (broad SMARTS) is 1. The molecule has 1 fully saturated rings. The van der Waals surface area contributed by atoms with Crippen molar-refractivity contribution < 1.29 is 9.90 Å². The zero-order valence-corrected chi connectivity index (χ0v) is 16.0. The molecule has 1 aromatic carbocycles. The van der Waals surface area contributed by atoms with E-state index in [4.69, 9.17) is 5.73 Å². The number of anilines is 1. The maximum absolute atomic E-state index is 12.2. The van der Waals surface area contributed by atoms with Crippen molar-refractivity contribution in [3.05, 3.63) is 54.0 Å². The first-order chi connectivity index (χ1) is 14.1. The topological polar surface area (TPSA) is 131 Å². The highest BCUT2D eigenvalue weighted by Gasteiger charge is 2.39. The first-order valence-electron chi connectivity index (χ1n) is 9.89. The van der Waals surface area contributed by atoms with Gasteiger partial charge < -0.3 is 10.8 Å². The number of H-pyrrole nitrogens is 1. The van der Waals surface area contributed by atoms with Gasteiger partial charge in [-0.05, 0) is 48.4 Å². The van der Waals surface area contributed by atoms with E-state index >= 15 is 0 Å². The molecule has 1 unspecified atom stereocenters. The number of hydrogen-bond acceptors (Lipinski definition) is 6. The van der Waals surface area contributed by atoms with Crippen LogP contribution in [0, 0.1) is 11.8 Å². The van der Waals surface area contributed by atoms with Gasteiger partial charge in [0, 0.05) is 17.7 Å². The van der Waals surface area contributed by atoms with Gasteiger partial charge in [-0.3, -0.25) is 4.79 Å². The fourth-order valence-corrected chi connectivity index (χ4v) is 4.39. The molecule has 0 radical (unpaired) electrons. The lowest BCUT2D eigenvalue weighted by molar-refractivity contribution is -0.144. The van der Waals surface area contributed by atoms with E-state index in [1.54, 1.807) is 12.3 Å². The fourth-order valence-electron chi connectivity index (χ4n) is 4.39. The van der Waals surface area contributed by atoms with Crippen molar-refractivity contribution in [3.63, 3.8) is 0 Å². The first-order valence-corrected chi connectivity index (χ1v) is 9.89. The SMILES string of the molecule is Nc1ccc(-c2ccc(C[C@H](c3nn[nH]n3)C(C(=O)O)C3CCCC3)cc2)cn1. The standard InChI is InChI=1S/C21H24N6O2/c22-18-10-9-16(12-23-18)14-7-5-13(6-8-14)11-17(20-24-26-27-25-20)19(21(28)29)15-3-1-2-4-15/h5-10,12,15,17,19H,1-4,11H2,(H2,22,23)(H,28,29)(H,24,25,26,27)/t17-,19?/m0/s1. The van der Waals surface area contributed by atoms with E-state index in [0.717, 1.165) is 42.4 Å². The zero-order valence-electron chi connectivity index (χ0n) is 16.0. The van der Waals surface area contributed by atoms with Crippen molar-refractivity contribution in [3.8, 4) is 11.1 Å². The number of rotatable bonds is 7. The summed E-state index contributed by atoms with van der Waals surface area (Å²) in [4.78, 5) is 16.3. The third kappa shape index (κ3) is 4.26. The van der Waals surface area contributed by atoms with Gasteiger partial charge in [0.25, 0.3) is 0 Å². The van der Waals surface area contributed by atoms with Crippen LogP contribution in [0.25, 0.3) is 11.1 Å². The van der Waals surface area contributed by atoms with Crippen LogP contribution in [-0.4, -0.2) is 36.7 Å². The monoisotopic (exact) mass is 392 g/mol. The van der Waals surface area contributed by atoms with E-state index in [-0.39, 0.29) is 11.8 Å². The molecule has 0 amide bonds. The molecule has 0 saturated heterocycles. The summed E-state index contributed by atoms with van der Waals surface area (Å²) in [5, 5.41) is 24.4. The number of carboxylic acids is 1. The molecule has 0 bridgehead atoms. The molecule has 2 atom stereocenters. The maximum Gasteiger partial charge on any atom is 0.307 e. The van der Waals surface area contributed by atoms with Crippen LogP contribution in [-0.2, 0) is 11.2 Å². The highest BCUT2D eigenvalue weighted by Crippen LogP contribution is 2.40. The number of nitrogens with zero attached hydrogens (tertiary/aromatic N) is 4. The molecule has 1 saturated carbocycles. The van der Waals surface area contributed by atoms with Crippen molar-refractivity contribution in [1.82, 2.24) is 25.6 Å². The average Bonchev–Trinajstić information content (AvgIpc) is 3.43. The van der Waals surface area contributed by atoms with Crippen LogP contribution in [0.15, 0.2) is 42.6 Å². The molecule has 2 aromatic heterocycles. The quantitative estimate of drug-likeness (QED) is 0.563. The Kier molecular flexibility index (Phi) is 5.50. The highest BCUT2D eigenvalue weighted by atomic mass is 16.4. The molecule has 150 valence electrons. The van der Waals surface area contributed by atoms with Gasteiger partial charge in [-0.15, -0.1) is 10.2 Å². The van der Waals surface area contributed by atoms with Crippen LogP contribution in [0.5, 0.6) is 0 Å². The molecule has 8 heteroatoms. The number of tetrazole rings is 1. The van der Waals surface area contributed by atoms with Crippen LogP contribution in [0.1, 0.15) is 43.0 Å². The van der Waals surface area contributed by atoms with Crippen LogP contribution >= 0.6 is 0 Å². The molecular formula is C21H24N6O2. The lowest BCUT2D eigenvalue weighted by Crippen LogP contribution is -2.30. The number of aromatic amines is 1. The van der Waals surface area contributed by atoms with Crippen molar-refractivity contribution in [2.24, 2.45) is 11.8 Å². The van der Waals surface area contributed by atoms with Crippen molar-refractivity contribution in [2.75, 3.05) is 5.73 Å². The van der Waals surface area contributed by atoms with E-state index in [9.17, 15) is 9.90 Å². The summed E-state index contributed by atoms with van der Waals surface area (Å²) < 4.78 is 0. The average molecular weight is 392 g/mol. The number of pyridine rings is 1. The van der Waals surface area contributed by atoms with Crippen LogP contribution in [0.2, 0.25) is 0 Å². The molecule has 0 aliphatic heterocycles. The first kappa shape index (κ1) is 19.0. The van der Waals surface area contributed by atoms with Gasteiger partial charge in [-0.2, -0.15) is 5.21 Å². The third-order valence-corrected chi connectivity index (χ3v) is 5.85. The van der Waals surface area contributed by atoms with Crippen LogP contribution in [0.3, 0.4) is 0 Å². The number of nitrogens with two attached hydrogens (primary N) is 1. The lowest BCUT2D eigenvalue weighted by atomic mass is 9.77. The Morgan fingerprint density at radius 2 is 1.86 bits per heavy atom. The Morgan fingerprint density at radius 1 is 1.14 bits per heavy atom. The lowest BCUT2D eigenvalue weighted by Gasteiger charge is -2.26. The minimum atomic E-state index is -0.781. The number of nitrogen functional groups attached to an aromatic ring is 1. The van der Waals surface area contributed by atoms with E-state index in [1.807, 2.05) is 30.3 Å². The number of hydrogen-bond donors (Lipinski definition) is 3. The minimum Gasteiger partial charge on any atom is -0.481 e. The Labute approximate surface area is 168 Å². The smallest absolute Gasteiger partial charge is 0.307 e. The van der Waals surface area contributed by atoms with Crippen LogP contribution in [0.4, 0.5) is 5.82 Å². The number of benzene rings is 1. The summed E-state index contributed by atoms with van der Waals surface area (Å²) in [5.41, 5.74) is 8.71. The predicted octanol–water partition coefficient (Wildman–Crippen LogP) is 3.06. The Bertz CT molecular complexity index is 934. The fraction of sp³-hybridized carbons (Fsp3) is 0.381. The van der Waals surface area contributed by atoms with Gasteiger partial charge in [-0.1, -0.05) is 42.3 Å².